The Kier molecular flexibility index (Phi) is 5.66. The van der Waals surface area contributed by atoms with Crippen molar-refractivity contribution in [1.29, 1.82) is 0 Å². The highest BCUT2D eigenvalue weighted by atomic mass is 16.4. The van der Waals surface area contributed by atoms with Crippen molar-refractivity contribution in [3.05, 3.63) is 0 Å². The molecule has 0 saturated carbocycles. The van der Waals surface area contributed by atoms with E-state index in [9.17, 15) is 4.79 Å². The van der Waals surface area contributed by atoms with Crippen molar-refractivity contribution in [1.82, 2.24) is 5.32 Å². The van der Waals surface area contributed by atoms with Crippen LogP contribution < -0.4 is 11.1 Å². The Morgan fingerprint density at radius 3 is 2.42 bits per heavy atom. The van der Waals surface area contributed by atoms with Gasteiger partial charge in [0.25, 0.3) is 0 Å². The lowest BCUT2D eigenvalue weighted by Gasteiger charge is -2.15. The third kappa shape index (κ3) is 4.31. The minimum Gasteiger partial charge on any atom is -0.480 e. The topological polar surface area (TPSA) is 75.3 Å². The molecule has 2 atom stereocenters. The zero-order chi connectivity index (χ0) is 9.56. The Morgan fingerprint density at radius 2 is 2.08 bits per heavy atom. The monoisotopic (exact) mass is 174 g/mol. The molecule has 0 aromatic rings. The molecule has 0 bridgehead atoms. The molecule has 0 aliphatic carbocycles. The van der Waals surface area contributed by atoms with Gasteiger partial charge in [-0.2, -0.15) is 0 Å². The summed E-state index contributed by atoms with van der Waals surface area (Å²) in [6.45, 7) is 4.39. The molecule has 0 aliphatic rings. The summed E-state index contributed by atoms with van der Waals surface area (Å²) in [6, 6.07) is -0.402. The second-order valence-electron chi connectivity index (χ2n) is 2.88. The van der Waals surface area contributed by atoms with E-state index < -0.39 is 12.0 Å². The minimum atomic E-state index is -0.805. The standard InChI is InChI=1S/C8H18N2O2/c1-3-6(9)5-10-7(4-2)8(11)12/h6-7,10H,3-5,9H2,1-2H3,(H,11,12). The van der Waals surface area contributed by atoms with Crippen molar-refractivity contribution in [2.24, 2.45) is 5.73 Å². The van der Waals surface area contributed by atoms with Crippen LogP contribution in [0.25, 0.3) is 0 Å². The molecular formula is C8H18N2O2. The number of rotatable bonds is 6. The largest absolute Gasteiger partial charge is 0.480 e. The molecule has 0 radical (unpaired) electrons. The van der Waals surface area contributed by atoms with E-state index in [-0.39, 0.29) is 6.04 Å². The number of carboxylic acids is 1. The van der Waals surface area contributed by atoms with Gasteiger partial charge in [-0.05, 0) is 12.8 Å². The molecule has 72 valence electrons. The Hall–Kier alpha value is -0.610. The van der Waals surface area contributed by atoms with Gasteiger partial charge in [0, 0.05) is 12.6 Å². The Balaban J connectivity index is 3.65. The number of hydrogen-bond donors (Lipinski definition) is 3. The highest BCUT2D eigenvalue weighted by molar-refractivity contribution is 5.73. The lowest BCUT2D eigenvalue weighted by atomic mass is 10.2. The fourth-order valence-corrected chi connectivity index (χ4v) is 0.844. The third-order valence-electron chi connectivity index (χ3n) is 1.86. The van der Waals surface area contributed by atoms with Gasteiger partial charge >= 0.3 is 5.97 Å². The summed E-state index contributed by atoms with van der Waals surface area (Å²) in [5.41, 5.74) is 5.62. The molecule has 0 aromatic heterocycles. The number of nitrogens with two attached hydrogens (primary N) is 1. The molecule has 0 aromatic carbocycles. The summed E-state index contributed by atoms with van der Waals surface area (Å²) in [6.07, 6.45) is 1.45. The van der Waals surface area contributed by atoms with Crippen molar-refractivity contribution < 1.29 is 9.90 Å². The van der Waals surface area contributed by atoms with Crippen LogP contribution in [0, 0.1) is 0 Å². The summed E-state index contributed by atoms with van der Waals surface area (Å²) in [5, 5.41) is 11.6. The van der Waals surface area contributed by atoms with Crippen molar-refractivity contribution >= 4 is 5.97 Å². The lowest BCUT2D eigenvalue weighted by Crippen LogP contribution is -2.42. The summed E-state index contributed by atoms with van der Waals surface area (Å²) in [7, 11) is 0. The molecule has 2 unspecified atom stereocenters. The Morgan fingerprint density at radius 1 is 1.50 bits per heavy atom. The van der Waals surface area contributed by atoms with Crippen molar-refractivity contribution in [2.75, 3.05) is 6.54 Å². The fraction of sp³-hybridized carbons (Fsp3) is 0.875. The molecule has 0 fully saturated rings. The van der Waals surface area contributed by atoms with E-state index in [1.54, 1.807) is 0 Å². The first-order chi connectivity index (χ1) is 5.61. The van der Waals surface area contributed by atoms with E-state index in [4.69, 9.17) is 10.8 Å². The van der Waals surface area contributed by atoms with Crippen LogP contribution in [-0.4, -0.2) is 29.7 Å². The molecule has 0 heterocycles. The van der Waals surface area contributed by atoms with Gasteiger partial charge < -0.3 is 16.2 Å². The summed E-state index contributed by atoms with van der Waals surface area (Å²) < 4.78 is 0. The second kappa shape index (κ2) is 5.97. The number of carbonyl (C=O) groups is 1. The molecule has 4 N–H and O–H groups in total. The second-order valence-corrected chi connectivity index (χ2v) is 2.88. The number of aliphatic carboxylic acids is 1. The van der Waals surface area contributed by atoms with Gasteiger partial charge in [-0.1, -0.05) is 13.8 Å². The smallest absolute Gasteiger partial charge is 0.320 e. The zero-order valence-corrected chi connectivity index (χ0v) is 7.71. The maximum atomic E-state index is 10.5. The van der Waals surface area contributed by atoms with Gasteiger partial charge in [-0.3, -0.25) is 4.79 Å². The van der Waals surface area contributed by atoms with Gasteiger partial charge in [0.15, 0.2) is 0 Å². The zero-order valence-electron chi connectivity index (χ0n) is 7.71. The van der Waals surface area contributed by atoms with Gasteiger partial charge in [-0.25, -0.2) is 0 Å². The van der Waals surface area contributed by atoms with Crippen LogP contribution in [0.5, 0.6) is 0 Å². The number of carboxylic acid groups (broad SMARTS) is 1. The van der Waals surface area contributed by atoms with E-state index in [0.717, 1.165) is 6.42 Å². The van der Waals surface area contributed by atoms with Crippen molar-refractivity contribution in [2.45, 2.75) is 38.8 Å². The highest BCUT2D eigenvalue weighted by Crippen LogP contribution is 1.91. The van der Waals surface area contributed by atoms with Crippen LogP contribution in [0.1, 0.15) is 26.7 Å². The molecule has 0 rings (SSSR count). The quantitative estimate of drug-likeness (QED) is 0.537. The maximum Gasteiger partial charge on any atom is 0.320 e. The molecule has 4 heteroatoms. The Labute approximate surface area is 73.1 Å². The van der Waals surface area contributed by atoms with Crippen molar-refractivity contribution in [3.63, 3.8) is 0 Å². The fourth-order valence-electron chi connectivity index (χ4n) is 0.844. The van der Waals surface area contributed by atoms with Gasteiger partial charge in [0.1, 0.15) is 6.04 Å². The van der Waals surface area contributed by atoms with E-state index in [1.807, 2.05) is 13.8 Å². The van der Waals surface area contributed by atoms with Crippen molar-refractivity contribution in [3.8, 4) is 0 Å². The third-order valence-corrected chi connectivity index (χ3v) is 1.86. The first kappa shape index (κ1) is 11.4. The van der Waals surface area contributed by atoms with Gasteiger partial charge in [0.05, 0.1) is 0 Å². The summed E-state index contributed by atoms with van der Waals surface area (Å²) in [5.74, 6) is -0.805. The van der Waals surface area contributed by atoms with Gasteiger partial charge in [0.2, 0.25) is 0 Å². The van der Waals surface area contributed by atoms with Gasteiger partial charge in [-0.15, -0.1) is 0 Å². The van der Waals surface area contributed by atoms with Crippen LogP contribution in [0.15, 0.2) is 0 Å². The maximum absolute atomic E-state index is 10.5. The lowest BCUT2D eigenvalue weighted by molar-refractivity contribution is -0.139. The first-order valence-corrected chi connectivity index (χ1v) is 4.33. The van der Waals surface area contributed by atoms with Crippen LogP contribution in [0.4, 0.5) is 0 Å². The minimum absolute atomic E-state index is 0.0541. The van der Waals surface area contributed by atoms with E-state index in [1.165, 1.54) is 0 Å². The first-order valence-electron chi connectivity index (χ1n) is 4.33. The molecule has 0 aliphatic heterocycles. The summed E-state index contributed by atoms with van der Waals surface area (Å²) >= 11 is 0. The van der Waals surface area contributed by atoms with Crippen LogP contribution in [0.2, 0.25) is 0 Å². The molecule has 12 heavy (non-hydrogen) atoms. The molecule has 4 nitrogen and oxygen atoms in total. The molecule has 0 amide bonds. The number of hydrogen-bond acceptors (Lipinski definition) is 3. The van der Waals surface area contributed by atoms with Crippen LogP contribution in [0.3, 0.4) is 0 Å². The Bertz CT molecular complexity index is 139. The average Bonchev–Trinajstić information content (AvgIpc) is 2.04. The SMILES string of the molecule is CCC(N)CNC(CC)C(=O)O. The van der Waals surface area contributed by atoms with E-state index >= 15 is 0 Å². The average molecular weight is 174 g/mol. The van der Waals surface area contributed by atoms with E-state index in [0.29, 0.717) is 13.0 Å². The highest BCUT2D eigenvalue weighted by Gasteiger charge is 2.14. The van der Waals surface area contributed by atoms with Crippen LogP contribution >= 0.6 is 0 Å². The predicted octanol–water partition coefficient (Wildman–Crippen LogP) is 0.177. The molecule has 0 saturated heterocycles. The molecule has 0 spiro atoms. The molecular weight excluding hydrogens is 156 g/mol. The normalized spacial score (nSPS) is 15.6. The number of nitrogens with one attached hydrogen (secondary N) is 1. The predicted molar refractivity (Wildman–Crippen MR) is 48.0 cm³/mol. The van der Waals surface area contributed by atoms with E-state index in [2.05, 4.69) is 5.32 Å². The summed E-state index contributed by atoms with van der Waals surface area (Å²) in [4.78, 5) is 10.5. The van der Waals surface area contributed by atoms with Crippen LogP contribution in [-0.2, 0) is 4.79 Å².